The van der Waals surface area contributed by atoms with Crippen LogP contribution in [0.15, 0.2) is 54.6 Å². The first-order valence-electron chi connectivity index (χ1n) is 8.98. The summed E-state index contributed by atoms with van der Waals surface area (Å²) in [6.07, 6.45) is 1.23. The monoisotopic (exact) mass is 324 g/mol. The van der Waals surface area contributed by atoms with Crippen LogP contribution in [0.5, 0.6) is 5.75 Å². The molecule has 24 heavy (non-hydrogen) atoms. The molecule has 0 radical (unpaired) electrons. The van der Waals surface area contributed by atoms with E-state index in [1.807, 2.05) is 30.3 Å². The number of para-hydroxylation sites is 1. The van der Waals surface area contributed by atoms with E-state index in [1.54, 1.807) is 0 Å². The predicted molar refractivity (Wildman–Crippen MR) is 99.5 cm³/mol. The van der Waals surface area contributed by atoms with Gasteiger partial charge >= 0.3 is 0 Å². The van der Waals surface area contributed by atoms with Crippen molar-refractivity contribution in [2.24, 2.45) is 0 Å². The summed E-state index contributed by atoms with van der Waals surface area (Å²) >= 11 is 0. The van der Waals surface area contributed by atoms with Crippen LogP contribution in [-0.2, 0) is 6.54 Å². The summed E-state index contributed by atoms with van der Waals surface area (Å²) in [6, 6.07) is 18.8. The van der Waals surface area contributed by atoms with E-state index in [0.29, 0.717) is 0 Å². The van der Waals surface area contributed by atoms with Crippen LogP contribution in [0.2, 0.25) is 0 Å². The molecular weight excluding hydrogens is 296 g/mol. The fourth-order valence-corrected chi connectivity index (χ4v) is 3.24. The van der Waals surface area contributed by atoms with Gasteiger partial charge in [-0.1, -0.05) is 42.5 Å². The Kier molecular flexibility index (Phi) is 6.27. The van der Waals surface area contributed by atoms with E-state index >= 15 is 0 Å². The number of rotatable bonds is 6. The molecule has 2 aromatic carbocycles. The molecule has 1 aliphatic rings. The highest BCUT2D eigenvalue weighted by Crippen LogP contribution is 2.13. The number of ether oxygens (including phenoxy) is 1. The normalized spacial score (nSPS) is 16.7. The maximum atomic E-state index is 5.83. The Morgan fingerprint density at radius 2 is 1.54 bits per heavy atom. The first kappa shape index (κ1) is 17.0. The van der Waals surface area contributed by atoms with Gasteiger partial charge in [0.25, 0.3) is 0 Å². The molecule has 0 spiro atoms. The molecule has 3 nitrogen and oxygen atoms in total. The fraction of sp³-hybridized carbons (Fsp3) is 0.429. The van der Waals surface area contributed by atoms with Crippen molar-refractivity contribution in [3.8, 4) is 5.75 Å². The van der Waals surface area contributed by atoms with Gasteiger partial charge in [0.1, 0.15) is 12.4 Å². The van der Waals surface area contributed by atoms with Crippen LogP contribution in [0.4, 0.5) is 0 Å². The van der Waals surface area contributed by atoms with Gasteiger partial charge in [0.15, 0.2) is 0 Å². The second-order valence-corrected chi connectivity index (χ2v) is 6.56. The van der Waals surface area contributed by atoms with Crippen molar-refractivity contribution in [3.63, 3.8) is 0 Å². The minimum atomic E-state index is 0.766. The first-order chi connectivity index (χ1) is 11.8. The number of hydrogen-bond donors (Lipinski definition) is 0. The highest BCUT2D eigenvalue weighted by atomic mass is 16.5. The average Bonchev–Trinajstić information content (AvgIpc) is 2.83. The van der Waals surface area contributed by atoms with E-state index in [4.69, 9.17) is 4.74 Å². The smallest absolute Gasteiger partial charge is 0.119 e. The molecule has 1 aliphatic heterocycles. The molecule has 3 rings (SSSR count). The molecule has 0 saturated carbocycles. The zero-order valence-electron chi connectivity index (χ0n) is 14.7. The van der Waals surface area contributed by atoms with Crippen molar-refractivity contribution in [3.05, 3.63) is 65.7 Å². The number of nitrogens with zero attached hydrogens (tertiary/aromatic N) is 2. The molecule has 1 fully saturated rings. The lowest BCUT2D eigenvalue weighted by atomic mass is 10.1. The molecule has 0 N–H and O–H groups in total. The summed E-state index contributed by atoms with van der Waals surface area (Å²) in [5, 5.41) is 0. The molecule has 1 saturated heterocycles. The minimum Gasteiger partial charge on any atom is -0.492 e. The zero-order chi connectivity index (χ0) is 16.6. The van der Waals surface area contributed by atoms with Gasteiger partial charge in [-0.2, -0.15) is 0 Å². The Bertz CT molecular complexity index is 614. The number of hydrogen-bond acceptors (Lipinski definition) is 3. The number of aryl methyl sites for hydroxylation is 1. The van der Waals surface area contributed by atoms with Crippen molar-refractivity contribution >= 4 is 0 Å². The molecule has 0 aliphatic carbocycles. The summed E-state index contributed by atoms with van der Waals surface area (Å²) in [6.45, 7) is 9.67. The predicted octanol–water partition coefficient (Wildman–Crippen LogP) is 3.58. The molecule has 0 aromatic heterocycles. The SMILES string of the molecule is Cc1ccccc1CN1CCCN(CCOc2ccccc2)CC1. The molecule has 0 bridgehead atoms. The van der Waals surface area contributed by atoms with Gasteiger partial charge in [-0.15, -0.1) is 0 Å². The first-order valence-corrected chi connectivity index (χ1v) is 8.98. The van der Waals surface area contributed by atoms with Gasteiger partial charge in [-0.05, 0) is 49.7 Å². The summed E-state index contributed by atoms with van der Waals surface area (Å²) in [5.74, 6) is 0.966. The molecule has 3 heteroatoms. The molecule has 0 amide bonds. The van der Waals surface area contributed by atoms with Gasteiger partial charge < -0.3 is 4.74 Å². The van der Waals surface area contributed by atoms with Crippen LogP contribution >= 0.6 is 0 Å². The Balaban J connectivity index is 1.42. The Morgan fingerprint density at radius 3 is 2.38 bits per heavy atom. The van der Waals surface area contributed by atoms with Crippen LogP contribution < -0.4 is 4.74 Å². The topological polar surface area (TPSA) is 15.7 Å². The van der Waals surface area contributed by atoms with E-state index in [2.05, 4.69) is 41.0 Å². The minimum absolute atomic E-state index is 0.766. The van der Waals surface area contributed by atoms with Gasteiger partial charge in [-0.25, -0.2) is 0 Å². The second kappa shape index (κ2) is 8.86. The van der Waals surface area contributed by atoms with Crippen LogP contribution in [0.1, 0.15) is 17.5 Å². The lowest BCUT2D eigenvalue weighted by Crippen LogP contribution is -2.33. The maximum Gasteiger partial charge on any atom is 0.119 e. The summed E-state index contributed by atoms with van der Waals surface area (Å²) in [7, 11) is 0. The van der Waals surface area contributed by atoms with Crippen molar-refractivity contribution in [1.82, 2.24) is 9.80 Å². The third-order valence-electron chi connectivity index (χ3n) is 4.76. The largest absolute Gasteiger partial charge is 0.492 e. The Morgan fingerprint density at radius 1 is 0.833 bits per heavy atom. The maximum absolute atomic E-state index is 5.83. The van der Waals surface area contributed by atoms with Crippen molar-refractivity contribution < 1.29 is 4.74 Å². The lowest BCUT2D eigenvalue weighted by Gasteiger charge is -2.22. The lowest BCUT2D eigenvalue weighted by molar-refractivity contribution is 0.207. The Hall–Kier alpha value is -1.84. The average molecular weight is 324 g/mol. The van der Waals surface area contributed by atoms with Crippen LogP contribution in [0.25, 0.3) is 0 Å². The Labute approximate surface area is 145 Å². The summed E-state index contributed by atoms with van der Waals surface area (Å²) < 4.78 is 5.83. The van der Waals surface area contributed by atoms with Gasteiger partial charge in [0.05, 0.1) is 0 Å². The summed E-state index contributed by atoms with van der Waals surface area (Å²) in [5.41, 5.74) is 2.85. The van der Waals surface area contributed by atoms with E-state index in [9.17, 15) is 0 Å². The second-order valence-electron chi connectivity index (χ2n) is 6.56. The van der Waals surface area contributed by atoms with Crippen molar-refractivity contribution in [2.75, 3.05) is 39.3 Å². The molecule has 2 aromatic rings. The standard InChI is InChI=1S/C21H28N2O/c1-19-8-5-6-9-20(19)18-23-13-7-12-22(14-15-23)16-17-24-21-10-3-2-4-11-21/h2-6,8-11H,7,12-18H2,1H3. The van der Waals surface area contributed by atoms with Gasteiger partial charge in [-0.3, -0.25) is 9.80 Å². The highest BCUT2D eigenvalue weighted by Gasteiger charge is 2.15. The summed E-state index contributed by atoms with van der Waals surface area (Å²) in [4.78, 5) is 5.11. The van der Waals surface area contributed by atoms with E-state index in [0.717, 1.165) is 38.5 Å². The molecule has 1 heterocycles. The van der Waals surface area contributed by atoms with Crippen LogP contribution in [0.3, 0.4) is 0 Å². The quantitative estimate of drug-likeness (QED) is 0.808. The molecular formula is C21H28N2O. The third kappa shape index (κ3) is 5.08. The zero-order valence-corrected chi connectivity index (χ0v) is 14.7. The fourth-order valence-electron chi connectivity index (χ4n) is 3.24. The molecule has 128 valence electrons. The van der Waals surface area contributed by atoms with E-state index < -0.39 is 0 Å². The van der Waals surface area contributed by atoms with Gasteiger partial charge in [0.2, 0.25) is 0 Å². The van der Waals surface area contributed by atoms with Crippen molar-refractivity contribution in [1.29, 1.82) is 0 Å². The molecule has 0 unspecified atom stereocenters. The van der Waals surface area contributed by atoms with Crippen LogP contribution in [0, 0.1) is 6.92 Å². The third-order valence-corrected chi connectivity index (χ3v) is 4.76. The number of benzene rings is 2. The van der Waals surface area contributed by atoms with Gasteiger partial charge in [0, 0.05) is 26.2 Å². The van der Waals surface area contributed by atoms with Crippen molar-refractivity contribution in [2.45, 2.75) is 19.9 Å². The van der Waals surface area contributed by atoms with Crippen LogP contribution in [-0.4, -0.2) is 49.1 Å². The van der Waals surface area contributed by atoms with E-state index in [-0.39, 0.29) is 0 Å². The molecule has 0 atom stereocenters. The van der Waals surface area contributed by atoms with E-state index in [1.165, 1.54) is 30.6 Å². The highest BCUT2D eigenvalue weighted by molar-refractivity contribution is 5.25.